The fourth-order valence-electron chi connectivity index (χ4n) is 1.94. The molecule has 1 atom stereocenters. The molecule has 0 bridgehead atoms. The van der Waals surface area contributed by atoms with Crippen molar-refractivity contribution in [2.75, 3.05) is 19.8 Å². The highest BCUT2D eigenvalue weighted by molar-refractivity contribution is 6.66. The Kier molecular flexibility index (Phi) is 8.24. The Morgan fingerprint density at radius 1 is 0.857 bits per heavy atom. The maximum atomic E-state index is 5.88. The predicted molar refractivity (Wildman–Crippen MR) is 91.0 cm³/mol. The number of halogens is 2. The molecule has 0 amide bonds. The quantitative estimate of drug-likeness (QED) is 0.500. The highest BCUT2D eigenvalue weighted by Crippen LogP contribution is 2.33. The molecule has 0 aromatic heterocycles. The highest BCUT2D eigenvalue weighted by atomic mass is 35.5. The third-order valence-electron chi connectivity index (χ3n) is 3.19. The van der Waals surface area contributed by atoms with Crippen molar-refractivity contribution in [3.05, 3.63) is 24.3 Å². The standard InChI is InChI=1S/C9H20Cl2O3Si.C6H4/c1-5-12-15(13-6-2,14-7-3)8(4)9(10)11;1-2-6-4-3-5(1)6/h8-9H,5-7H2,1-4H3;1-4H. The number of fused-ring (bicyclic) bond motifs is 1. The van der Waals surface area contributed by atoms with Gasteiger partial charge in [-0.25, -0.2) is 0 Å². The molecule has 0 heterocycles. The zero-order valence-electron chi connectivity index (χ0n) is 13.1. The van der Waals surface area contributed by atoms with Gasteiger partial charge in [-0.2, -0.15) is 0 Å². The van der Waals surface area contributed by atoms with Crippen molar-refractivity contribution >= 4 is 32.0 Å². The van der Waals surface area contributed by atoms with Crippen LogP contribution in [-0.4, -0.2) is 33.5 Å². The molecular weight excluding hydrogens is 327 g/mol. The van der Waals surface area contributed by atoms with E-state index in [1.54, 1.807) is 0 Å². The average molecular weight is 351 g/mol. The Bertz CT molecular complexity index is 374. The Balaban J connectivity index is 0.000000294. The van der Waals surface area contributed by atoms with Gasteiger partial charge < -0.3 is 13.3 Å². The molecule has 0 fully saturated rings. The normalized spacial score (nSPS) is 13.7. The molecule has 3 nitrogen and oxygen atoms in total. The minimum absolute atomic E-state index is 0.124. The van der Waals surface area contributed by atoms with E-state index in [4.69, 9.17) is 36.5 Å². The minimum atomic E-state index is -2.73. The molecule has 120 valence electrons. The van der Waals surface area contributed by atoms with E-state index in [0.29, 0.717) is 19.8 Å². The maximum Gasteiger partial charge on any atom is 0.506 e. The fraction of sp³-hybridized carbons (Fsp3) is 0.600. The van der Waals surface area contributed by atoms with Crippen LogP contribution in [0.4, 0.5) is 0 Å². The van der Waals surface area contributed by atoms with Crippen LogP contribution < -0.4 is 0 Å². The predicted octanol–water partition coefficient (Wildman–Crippen LogP) is 4.90. The van der Waals surface area contributed by atoms with E-state index in [9.17, 15) is 0 Å². The monoisotopic (exact) mass is 350 g/mol. The van der Waals surface area contributed by atoms with Crippen molar-refractivity contribution in [2.24, 2.45) is 0 Å². The topological polar surface area (TPSA) is 27.7 Å². The zero-order valence-corrected chi connectivity index (χ0v) is 15.6. The molecule has 0 aromatic rings. The van der Waals surface area contributed by atoms with Gasteiger partial charge in [-0.15, -0.1) is 23.2 Å². The first-order chi connectivity index (χ1) is 10.0. The summed E-state index contributed by atoms with van der Waals surface area (Å²) in [6.07, 6.45) is 0. The van der Waals surface area contributed by atoms with Gasteiger partial charge in [0.25, 0.3) is 0 Å². The van der Waals surface area contributed by atoms with Crippen LogP contribution in [0.15, 0.2) is 24.3 Å². The molecule has 2 aliphatic carbocycles. The molecule has 0 spiro atoms. The van der Waals surface area contributed by atoms with Crippen molar-refractivity contribution in [1.29, 1.82) is 0 Å². The third kappa shape index (κ3) is 4.95. The summed E-state index contributed by atoms with van der Waals surface area (Å²) in [6, 6.07) is 8.48. The van der Waals surface area contributed by atoms with Gasteiger partial charge in [-0.05, 0) is 31.9 Å². The van der Waals surface area contributed by atoms with Crippen molar-refractivity contribution in [3.63, 3.8) is 0 Å². The molecule has 0 aliphatic heterocycles. The van der Waals surface area contributed by atoms with Crippen LogP contribution >= 0.6 is 23.2 Å². The van der Waals surface area contributed by atoms with Crippen molar-refractivity contribution in [1.82, 2.24) is 0 Å². The second-order valence-corrected chi connectivity index (χ2v) is 8.75. The summed E-state index contributed by atoms with van der Waals surface area (Å²) >= 11 is 11.8. The first-order valence-electron chi connectivity index (χ1n) is 7.31. The van der Waals surface area contributed by atoms with Crippen LogP contribution in [0, 0.1) is 0 Å². The summed E-state index contributed by atoms with van der Waals surface area (Å²) in [7, 11) is -2.73. The first kappa shape index (κ1) is 18.9. The molecule has 2 aliphatic rings. The number of rotatable bonds is 8. The van der Waals surface area contributed by atoms with Gasteiger partial charge >= 0.3 is 8.80 Å². The van der Waals surface area contributed by atoms with Gasteiger partial charge in [0.1, 0.15) is 4.84 Å². The minimum Gasteiger partial charge on any atom is -0.374 e. The van der Waals surface area contributed by atoms with E-state index < -0.39 is 13.6 Å². The van der Waals surface area contributed by atoms with E-state index in [2.05, 4.69) is 24.3 Å². The van der Waals surface area contributed by atoms with E-state index >= 15 is 0 Å². The Morgan fingerprint density at radius 3 is 1.33 bits per heavy atom. The lowest BCUT2D eigenvalue weighted by atomic mass is 9.95. The molecule has 6 heteroatoms. The number of benzene rings is 1. The molecule has 2 rings (SSSR count). The summed E-state index contributed by atoms with van der Waals surface area (Å²) in [4.78, 5) is -0.540. The largest absolute Gasteiger partial charge is 0.506 e. The maximum absolute atomic E-state index is 5.88. The highest BCUT2D eigenvalue weighted by Gasteiger charge is 2.49. The second-order valence-electron chi connectivity index (χ2n) is 4.60. The SMILES string of the molecule is CCO[Si](OCC)(OCC)C(C)C(Cl)Cl.c1cc2ccc1-2. The van der Waals surface area contributed by atoms with E-state index in [0.717, 1.165) is 0 Å². The van der Waals surface area contributed by atoms with E-state index in [1.165, 1.54) is 11.1 Å². The van der Waals surface area contributed by atoms with Crippen LogP contribution in [-0.2, 0) is 13.3 Å². The third-order valence-corrected chi connectivity index (χ3v) is 7.89. The average Bonchev–Trinajstić information content (AvgIpc) is 2.43. The van der Waals surface area contributed by atoms with Crippen LogP contribution in [0.2, 0.25) is 5.54 Å². The summed E-state index contributed by atoms with van der Waals surface area (Å²) < 4.78 is 17.0. The van der Waals surface area contributed by atoms with Gasteiger partial charge in [0.15, 0.2) is 0 Å². The zero-order chi connectivity index (χ0) is 15.9. The lowest BCUT2D eigenvalue weighted by molar-refractivity contribution is 0.0637. The molecule has 1 unspecified atom stereocenters. The van der Waals surface area contributed by atoms with Crippen LogP contribution in [0.3, 0.4) is 0 Å². The van der Waals surface area contributed by atoms with Gasteiger partial charge in [0.05, 0.1) is 5.54 Å². The summed E-state index contributed by atoms with van der Waals surface area (Å²) in [5.74, 6) is 0. The van der Waals surface area contributed by atoms with Gasteiger partial charge in [0, 0.05) is 19.8 Å². The summed E-state index contributed by atoms with van der Waals surface area (Å²) in [5.41, 5.74) is 2.73. The first-order valence-corrected chi connectivity index (χ1v) is 9.98. The molecule has 0 saturated heterocycles. The molecule has 0 saturated carbocycles. The van der Waals surface area contributed by atoms with E-state index in [1.807, 2.05) is 27.7 Å². The Labute approximate surface area is 138 Å². The lowest BCUT2D eigenvalue weighted by Crippen LogP contribution is -2.51. The van der Waals surface area contributed by atoms with Crippen LogP contribution in [0.5, 0.6) is 0 Å². The Morgan fingerprint density at radius 2 is 1.19 bits per heavy atom. The second kappa shape index (κ2) is 9.13. The number of hydrogen-bond acceptors (Lipinski definition) is 3. The number of hydrogen-bond donors (Lipinski definition) is 0. The smallest absolute Gasteiger partial charge is 0.374 e. The molecule has 0 N–H and O–H groups in total. The van der Waals surface area contributed by atoms with Crippen molar-refractivity contribution in [2.45, 2.75) is 38.1 Å². The molecular formula is C15H24Cl2O3Si. The molecule has 21 heavy (non-hydrogen) atoms. The van der Waals surface area contributed by atoms with Crippen LogP contribution in [0.25, 0.3) is 11.1 Å². The summed E-state index contributed by atoms with van der Waals surface area (Å²) in [6.45, 7) is 9.24. The van der Waals surface area contributed by atoms with Gasteiger partial charge in [0.2, 0.25) is 0 Å². The fourth-order valence-corrected chi connectivity index (χ4v) is 5.42. The van der Waals surface area contributed by atoms with Crippen molar-refractivity contribution < 1.29 is 13.3 Å². The van der Waals surface area contributed by atoms with Gasteiger partial charge in [-0.3, -0.25) is 0 Å². The van der Waals surface area contributed by atoms with Crippen molar-refractivity contribution in [3.8, 4) is 11.1 Å². The Hall–Kier alpha value is -0.103. The van der Waals surface area contributed by atoms with Gasteiger partial charge in [-0.1, -0.05) is 31.2 Å². The summed E-state index contributed by atoms with van der Waals surface area (Å²) in [5, 5.41) is 0. The lowest BCUT2D eigenvalue weighted by Gasteiger charge is -2.33. The number of alkyl halides is 2. The van der Waals surface area contributed by atoms with E-state index in [-0.39, 0.29) is 5.54 Å². The molecule has 0 aromatic carbocycles. The van der Waals surface area contributed by atoms with Crippen LogP contribution in [0.1, 0.15) is 27.7 Å². The molecule has 0 radical (unpaired) electrons.